The summed E-state index contributed by atoms with van der Waals surface area (Å²) in [5, 5.41) is 6.42. The number of carbonyl (C=O) groups excluding carboxylic acids is 1. The van der Waals surface area contributed by atoms with E-state index in [-0.39, 0.29) is 12.5 Å². The van der Waals surface area contributed by atoms with Gasteiger partial charge in [0.05, 0.1) is 31.3 Å². The Kier molecular flexibility index (Phi) is 6.25. The third-order valence-electron chi connectivity index (χ3n) is 4.69. The van der Waals surface area contributed by atoms with Crippen molar-refractivity contribution >= 4 is 34.5 Å². The van der Waals surface area contributed by atoms with Gasteiger partial charge in [0.1, 0.15) is 23.1 Å². The van der Waals surface area contributed by atoms with Gasteiger partial charge in [0.2, 0.25) is 5.91 Å². The van der Waals surface area contributed by atoms with E-state index in [9.17, 15) is 4.79 Å². The standard InChI is InChI=1S/C23H20ClN3O3S/c1-29-17-9-10-18(21(12-17)30-2)25-22(28)13-27-11-3-4-20(27)23-26-19(14-31-23)15-5-7-16(24)8-6-15/h3-12,14H,13H2,1-2H3,(H,25,28). The zero-order chi connectivity index (χ0) is 21.8. The Morgan fingerprint density at radius 2 is 1.94 bits per heavy atom. The zero-order valence-corrected chi connectivity index (χ0v) is 18.5. The van der Waals surface area contributed by atoms with Crippen molar-refractivity contribution in [2.45, 2.75) is 6.54 Å². The topological polar surface area (TPSA) is 65.4 Å². The second-order valence-corrected chi connectivity index (χ2v) is 7.98. The average Bonchev–Trinajstić information content (AvgIpc) is 3.44. The Labute approximate surface area is 189 Å². The molecule has 158 valence electrons. The molecule has 1 amide bonds. The number of benzene rings is 2. The Morgan fingerprint density at radius 1 is 1.13 bits per heavy atom. The minimum Gasteiger partial charge on any atom is -0.497 e. The SMILES string of the molecule is COc1ccc(NC(=O)Cn2cccc2-c2nc(-c3ccc(Cl)cc3)cs2)c(OC)c1. The number of hydrogen-bond donors (Lipinski definition) is 1. The van der Waals surface area contributed by atoms with Crippen molar-refractivity contribution in [3.8, 4) is 33.5 Å². The minimum absolute atomic E-state index is 0.146. The fourth-order valence-corrected chi connectivity index (χ4v) is 4.13. The molecule has 0 bridgehead atoms. The highest BCUT2D eigenvalue weighted by molar-refractivity contribution is 7.13. The molecule has 4 aromatic rings. The number of nitrogens with one attached hydrogen (secondary N) is 1. The van der Waals surface area contributed by atoms with Gasteiger partial charge in [-0.25, -0.2) is 4.98 Å². The predicted molar refractivity (Wildman–Crippen MR) is 124 cm³/mol. The van der Waals surface area contributed by atoms with Crippen molar-refractivity contribution in [3.05, 3.63) is 71.2 Å². The van der Waals surface area contributed by atoms with Gasteiger partial charge in [-0.3, -0.25) is 4.79 Å². The molecule has 2 aromatic heterocycles. The van der Waals surface area contributed by atoms with Crippen molar-refractivity contribution < 1.29 is 14.3 Å². The molecule has 1 N–H and O–H groups in total. The van der Waals surface area contributed by atoms with Crippen molar-refractivity contribution in [1.29, 1.82) is 0 Å². The van der Waals surface area contributed by atoms with Gasteiger partial charge in [-0.05, 0) is 36.4 Å². The molecule has 0 saturated carbocycles. The molecule has 0 unspecified atom stereocenters. The summed E-state index contributed by atoms with van der Waals surface area (Å²) in [6, 6.07) is 16.7. The molecule has 31 heavy (non-hydrogen) atoms. The third-order valence-corrected chi connectivity index (χ3v) is 5.81. The number of rotatable bonds is 7. The smallest absolute Gasteiger partial charge is 0.244 e. The summed E-state index contributed by atoms with van der Waals surface area (Å²) < 4.78 is 12.4. The lowest BCUT2D eigenvalue weighted by Crippen LogP contribution is -2.19. The van der Waals surface area contributed by atoms with Gasteiger partial charge in [-0.1, -0.05) is 23.7 Å². The maximum atomic E-state index is 12.7. The van der Waals surface area contributed by atoms with Crippen LogP contribution in [-0.4, -0.2) is 29.7 Å². The van der Waals surface area contributed by atoms with E-state index < -0.39 is 0 Å². The molecule has 0 saturated heterocycles. The molecule has 2 heterocycles. The number of methoxy groups -OCH3 is 2. The zero-order valence-electron chi connectivity index (χ0n) is 17.0. The van der Waals surface area contributed by atoms with E-state index in [0.717, 1.165) is 22.0 Å². The van der Waals surface area contributed by atoms with Crippen LogP contribution in [0.15, 0.2) is 66.2 Å². The van der Waals surface area contributed by atoms with Gasteiger partial charge >= 0.3 is 0 Å². The van der Waals surface area contributed by atoms with E-state index in [4.69, 9.17) is 26.1 Å². The summed E-state index contributed by atoms with van der Waals surface area (Å²) in [4.78, 5) is 17.4. The van der Waals surface area contributed by atoms with Crippen molar-refractivity contribution in [1.82, 2.24) is 9.55 Å². The molecule has 0 aliphatic carbocycles. The summed E-state index contributed by atoms with van der Waals surface area (Å²) in [5.74, 6) is 1.02. The number of carbonyl (C=O) groups is 1. The Balaban J connectivity index is 1.50. The molecule has 6 nitrogen and oxygen atoms in total. The molecule has 4 rings (SSSR count). The average molecular weight is 454 g/mol. The highest BCUT2D eigenvalue weighted by atomic mass is 35.5. The van der Waals surface area contributed by atoms with Crippen LogP contribution in [0, 0.1) is 0 Å². The molecule has 0 spiro atoms. The van der Waals surface area contributed by atoms with E-state index >= 15 is 0 Å². The number of halogens is 1. The van der Waals surface area contributed by atoms with Crippen LogP contribution in [0.25, 0.3) is 22.0 Å². The van der Waals surface area contributed by atoms with E-state index in [2.05, 4.69) is 5.32 Å². The van der Waals surface area contributed by atoms with Gasteiger partial charge < -0.3 is 19.4 Å². The number of ether oxygens (including phenoxy) is 2. The molecule has 0 radical (unpaired) electrons. The summed E-state index contributed by atoms with van der Waals surface area (Å²) in [5.41, 5.74) is 3.33. The lowest BCUT2D eigenvalue weighted by atomic mass is 10.2. The fourth-order valence-electron chi connectivity index (χ4n) is 3.14. The van der Waals surface area contributed by atoms with Crippen molar-refractivity contribution in [3.63, 3.8) is 0 Å². The summed E-state index contributed by atoms with van der Waals surface area (Å²) in [6.45, 7) is 0.146. The molecule has 0 atom stereocenters. The summed E-state index contributed by atoms with van der Waals surface area (Å²) in [7, 11) is 3.13. The van der Waals surface area contributed by atoms with Crippen LogP contribution in [0.2, 0.25) is 5.02 Å². The summed E-state index contributed by atoms with van der Waals surface area (Å²) in [6.07, 6.45) is 1.86. The first-order valence-corrected chi connectivity index (χ1v) is 10.7. The number of anilines is 1. The molecule has 0 aliphatic heterocycles. The lowest BCUT2D eigenvalue weighted by molar-refractivity contribution is -0.116. The second kappa shape index (κ2) is 9.24. The van der Waals surface area contributed by atoms with Crippen LogP contribution in [0.3, 0.4) is 0 Å². The monoisotopic (exact) mass is 453 g/mol. The normalized spacial score (nSPS) is 10.7. The molecule has 8 heteroatoms. The quantitative estimate of drug-likeness (QED) is 0.396. The van der Waals surface area contributed by atoms with E-state index in [0.29, 0.717) is 22.2 Å². The fraction of sp³-hybridized carbons (Fsp3) is 0.130. The van der Waals surface area contributed by atoms with Crippen LogP contribution < -0.4 is 14.8 Å². The number of aromatic nitrogens is 2. The van der Waals surface area contributed by atoms with Gasteiger partial charge in [0, 0.05) is 28.2 Å². The molecule has 0 aliphatic rings. The number of hydrogen-bond acceptors (Lipinski definition) is 5. The van der Waals surface area contributed by atoms with Gasteiger partial charge in [0.25, 0.3) is 0 Å². The highest BCUT2D eigenvalue weighted by Crippen LogP contribution is 2.31. The molecule has 0 fully saturated rings. The van der Waals surface area contributed by atoms with E-state index in [1.807, 2.05) is 52.5 Å². The predicted octanol–water partition coefficient (Wildman–Crippen LogP) is 5.59. The third kappa shape index (κ3) is 4.73. The summed E-state index contributed by atoms with van der Waals surface area (Å²) >= 11 is 7.51. The Hall–Kier alpha value is -3.29. The van der Waals surface area contributed by atoms with Crippen LogP contribution in [0.4, 0.5) is 5.69 Å². The molecular formula is C23H20ClN3O3S. The van der Waals surface area contributed by atoms with Gasteiger partial charge in [-0.15, -0.1) is 11.3 Å². The first-order chi connectivity index (χ1) is 15.1. The first kappa shape index (κ1) is 21.0. The maximum absolute atomic E-state index is 12.7. The highest BCUT2D eigenvalue weighted by Gasteiger charge is 2.14. The number of nitrogens with zero attached hydrogens (tertiary/aromatic N) is 2. The minimum atomic E-state index is -0.171. The molecular weight excluding hydrogens is 434 g/mol. The number of thiazole rings is 1. The van der Waals surface area contributed by atoms with Gasteiger partial charge in [-0.2, -0.15) is 0 Å². The van der Waals surface area contributed by atoms with Crippen LogP contribution in [0.5, 0.6) is 11.5 Å². The van der Waals surface area contributed by atoms with Crippen molar-refractivity contribution in [2.75, 3.05) is 19.5 Å². The van der Waals surface area contributed by atoms with Crippen LogP contribution >= 0.6 is 22.9 Å². The number of amides is 1. The maximum Gasteiger partial charge on any atom is 0.244 e. The Morgan fingerprint density at radius 3 is 2.68 bits per heavy atom. The molecule has 2 aromatic carbocycles. The van der Waals surface area contributed by atoms with E-state index in [1.54, 1.807) is 32.4 Å². The Bertz CT molecular complexity index is 1200. The van der Waals surface area contributed by atoms with Crippen LogP contribution in [-0.2, 0) is 11.3 Å². The van der Waals surface area contributed by atoms with Gasteiger partial charge in [0.15, 0.2) is 0 Å². The first-order valence-electron chi connectivity index (χ1n) is 9.46. The lowest BCUT2D eigenvalue weighted by Gasteiger charge is -2.12. The van der Waals surface area contributed by atoms with E-state index in [1.165, 1.54) is 11.3 Å². The second-order valence-electron chi connectivity index (χ2n) is 6.68. The van der Waals surface area contributed by atoms with Crippen molar-refractivity contribution in [2.24, 2.45) is 0 Å². The van der Waals surface area contributed by atoms with Crippen LogP contribution in [0.1, 0.15) is 0 Å². The largest absolute Gasteiger partial charge is 0.497 e.